The Kier molecular flexibility index (Phi) is 6.11. The molecule has 2 N–H and O–H groups in total. The van der Waals surface area contributed by atoms with Crippen LogP contribution in [0.5, 0.6) is 0 Å². The molecule has 0 aromatic carbocycles. The van der Waals surface area contributed by atoms with E-state index in [-0.39, 0.29) is 11.5 Å². The number of aromatic amines is 1. The van der Waals surface area contributed by atoms with Crippen LogP contribution in [0.3, 0.4) is 0 Å². The van der Waals surface area contributed by atoms with Crippen molar-refractivity contribution in [2.75, 3.05) is 5.75 Å². The number of thiophene rings is 1. The lowest BCUT2D eigenvalue weighted by molar-refractivity contribution is -0.119. The van der Waals surface area contributed by atoms with Crippen molar-refractivity contribution in [2.45, 2.75) is 70.6 Å². The molecule has 4 rings (SSSR count). The normalized spacial score (nSPS) is 24.9. The van der Waals surface area contributed by atoms with Gasteiger partial charge >= 0.3 is 0 Å². The summed E-state index contributed by atoms with van der Waals surface area (Å²) in [5.41, 5.74) is 1.20. The number of aryl methyl sites for hydroxylation is 2. The Balaban J connectivity index is 1.35. The van der Waals surface area contributed by atoms with Crippen molar-refractivity contribution in [1.29, 1.82) is 0 Å². The monoisotopic (exact) mass is 419 g/mol. The van der Waals surface area contributed by atoms with Gasteiger partial charge in [-0.15, -0.1) is 23.1 Å². The molecule has 2 heterocycles. The molecule has 2 aliphatic carbocycles. The third-order valence-corrected chi connectivity index (χ3v) is 8.53. The van der Waals surface area contributed by atoms with Gasteiger partial charge in [0.05, 0.1) is 16.9 Å². The molecule has 0 unspecified atom stereocenters. The highest BCUT2D eigenvalue weighted by Gasteiger charge is 2.28. The summed E-state index contributed by atoms with van der Waals surface area (Å²) in [6.45, 7) is 4.52. The minimum atomic E-state index is -0.0190. The number of fused-ring (bicyclic) bond motifs is 3. The molecular formula is C21H29N3O2S2. The number of nitrogens with zero attached hydrogens (tertiary/aromatic N) is 1. The molecule has 5 nitrogen and oxygen atoms in total. The van der Waals surface area contributed by atoms with Crippen LogP contribution in [-0.4, -0.2) is 27.7 Å². The highest BCUT2D eigenvalue weighted by atomic mass is 32.2. The molecule has 2 aromatic heterocycles. The minimum absolute atomic E-state index is 0.0190. The Morgan fingerprint density at radius 1 is 1.25 bits per heavy atom. The lowest BCUT2D eigenvalue weighted by Crippen LogP contribution is -2.44. The van der Waals surface area contributed by atoms with Crippen molar-refractivity contribution < 1.29 is 4.79 Å². The highest BCUT2D eigenvalue weighted by Crippen LogP contribution is 2.33. The minimum Gasteiger partial charge on any atom is -0.352 e. The van der Waals surface area contributed by atoms with E-state index in [2.05, 4.69) is 29.1 Å². The van der Waals surface area contributed by atoms with Gasteiger partial charge in [0.15, 0.2) is 0 Å². The second kappa shape index (κ2) is 8.57. The first-order chi connectivity index (χ1) is 13.5. The zero-order chi connectivity index (χ0) is 19.7. The van der Waals surface area contributed by atoms with Gasteiger partial charge < -0.3 is 10.3 Å². The maximum Gasteiger partial charge on any atom is 0.259 e. The topological polar surface area (TPSA) is 74.8 Å². The number of hydrogen-bond donors (Lipinski definition) is 2. The van der Waals surface area contributed by atoms with Gasteiger partial charge in [-0.2, -0.15) is 0 Å². The van der Waals surface area contributed by atoms with Crippen molar-refractivity contribution in [2.24, 2.45) is 11.8 Å². The van der Waals surface area contributed by atoms with E-state index in [1.54, 1.807) is 11.3 Å². The standard InChI is InChI=1S/C21H29N3O2S2/c1-12-6-5-8-15(13(12)2)22-18(25)11-27-10-17-23-20(26)19-14-7-3-4-9-16(14)28-21(19)24-17/h12-13,15H,3-11H2,1-2H3,(H,22,25)(H,23,24,26)/t12-,13-,15+/m1/s1. The Bertz CT molecular complexity index is 920. The second-order valence-corrected chi connectivity index (χ2v) is 10.4. The molecule has 0 spiro atoms. The smallest absolute Gasteiger partial charge is 0.259 e. The van der Waals surface area contributed by atoms with Crippen LogP contribution < -0.4 is 10.9 Å². The van der Waals surface area contributed by atoms with E-state index in [1.807, 2.05) is 0 Å². The summed E-state index contributed by atoms with van der Waals surface area (Å²) in [5, 5.41) is 4.01. The molecule has 1 fully saturated rings. The number of nitrogens with one attached hydrogen (secondary N) is 2. The maximum atomic E-state index is 12.6. The molecule has 3 atom stereocenters. The summed E-state index contributed by atoms with van der Waals surface area (Å²) in [5.74, 6) is 2.93. The van der Waals surface area contributed by atoms with Crippen molar-refractivity contribution in [3.05, 3.63) is 26.6 Å². The summed E-state index contributed by atoms with van der Waals surface area (Å²) >= 11 is 3.19. The molecular weight excluding hydrogens is 390 g/mol. The first-order valence-electron chi connectivity index (χ1n) is 10.4. The molecule has 0 bridgehead atoms. The molecule has 0 saturated heterocycles. The number of hydrogen-bond acceptors (Lipinski definition) is 5. The number of H-pyrrole nitrogens is 1. The number of rotatable bonds is 5. The molecule has 2 aliphatic rings. The van der Waals surface area contributed by atoms with Crippen LogP contribution >= 0.6 is 23.1 Å². The Hall–Kier alpha value is -1.34. The molecule has 28 heavy (non-hydrogen) atoms. The number of aromatic nitrogens is 2. The van der Waals surface area contributed by atoms with Gasteiger partial charge in [0, 0.05) is 10.9 Å². The van der Waals surface area contributed by atoms with E-state index in [0.29, 0.717) is 35.2 Å². The average molecular weight is 420 g/mol. The second-order valence-electron chi connectivity index (χ2n) is 8.34. The zero-order valence-electron chi connectivity index (χ0n) is 16.7. The molecule has 0 radical (unpaired) electrons. The quantitative estimate of drug-likeness (QED) is 0.767. The van der Waals surface area contributed by atoms with Gasteiger partial charge in [0.2, 0.25) is 5.91 Å². The molecule has 2 aromatic rings. The van der Waals surface area contributed by atoms with E-state index in [0.717, 1.165) is 35.9 Å². The molecule has 7 heteroatoms. The van der Waals surface area contributed by atoms with Gasteiger partial charge in [-0.05, 0) is 49.5 Å². The van der Waals surface area contributed by atoms with Crippen molar-refractivity contribution in [3.8, 4) is 0 Å². The van der Waals surface area contributed by atoms with E-state index < -0.39 is 0 Å². The number of carbonyl (C=O) groups is 1. The molecule has 1 amide bonds. The number of thioether (sulfide) groups is 1. The van der Waals surface area contributed by atoms with E-state index in [9.17, 15) is 9.59 Å². The van der Waals surface area contributed by atoms with Gasteiger partial charge in [-0.25, -0.2) is 4.98 Å². The van der Waals surface area contributed by atoms with Crippen molar-refractivity contribution in [3.63, 3.8) is 0 Å². The van der Waals surface area contributed by atoms with Gasteiger partial charge in [0.1, 0.15) is 10.7 Å². The first kappa shape index (κ1) is 20.0. The molecule has 0 aliphatic heterocycles. The zero-order valence-corrected chi connectivity index (χ0v) is 18.3. The van der Waals surface area contributed by atoms with Crippen LogP contribution in [-0.2, 0) is 23.4 Å². The fourth-order valence-corrected chi connectivity index (χ4v) is 6.53. The van der Waals surface area contributed by atoms with Crippen LogP contribution in [0.4, 0.5) is 0 Å². The third kappa shape index (κ3) is 4.15. The largest absolute Gasteiger partial charge is 0.352 e. The number of carbonyl (C=O) groups excluding carboxylic acids is 1. The van der Waals surface area contributed by atoms with Crippen LogP contribution in [0.15, 0.2) is 4.79 Å². The Labute approximate surface area is 174 Å². The van der Waals surface area contributed by atoms with Crippen LogP contribution in [0.1, 0.15) is 62.2 Å². The van der Waals surface area contributed by atoms with E-state index in [1.165, 1.54) is 41.5 Å². The molecule has 152 valence electrons. The molecule has 1 saturated carbocycles. The lowest BCUT2D eigenvalue weighted by Gasteiger charge is -2.34. The lowest BCUT2D eigenvalue weighted by atomic mass is 9.78. The van der Waals surface area contributed by atoms with Gasteiger partial charge in [-0.1, -0.05) is 26.7 Å². The summed E-state index contributed by atoms with van der Waals surface area (Å²) in [7, 11) is 0. The highest BCUT2D eigenvalue weighted by molar-refractivity contribution is 7.99. The predicted molar refractivity (Wildman–Crippen MR) is 117 cm³/mol. The number of amides is 1. The van der Waals surface area contributed by atoms with Crippen LogP contribution in [0.2, 0.25) is 0 Å². The SMILES string of the molecule is C[C@@H]1[C@H](C)CCC[C@@H]1NC(=O)CSCc1nc2sc3c(c2c(=O)[nH]1)CCCC3. The fourth-order valence-electron chi connectivity index (χ4n) is 4.55. The van der Waals surface area contributed by atoms with Crippen LogP contribution in [0, 0.1) is 11.8 Å². The van der Waals surface area contributed by atoms with Gasteiger partial charge in [0.25, 0.3) is 5.56 Å². The predicted octanol–water partition coefficient (Wildman–Crippen LogP) is 4.04. The van der Waals surface area contributed by atoms with Crippen LogP contribution in [0.25, 0.3) is 10.2 Å². The maximum absolute atomic E-state index is 12.6. The first-order valence-corrected chi connectivity index (χ1v) is 12.4. The summed E-state index contributed by atoms with van der Waals surface area (Å²) in [4.78, 5) is 34.7. The fraction of sp³-hybridized carbons (Fsp3) is 0.667. The Morgan fingerprint density at radius 3 is 2.93 bits per heavy atom. The summed E-state index contributed by atoms with van der Waals surface area (Å²) in [6.07, 6.45) is 7.95. The average Bonchev–Trinajstić information content (AvgIpc) is 3.04. The third-order valence-electron chi connectivity index (χ3n) is 6.40. The van der Waals surface area contributed by atoms with E-state index >= 15 is 0 Å². The Morgan fingerprint density at radius 2 is 2.07 bits per heavy atom. The summed E-state index contributed by atoms with van der Waals surface area (Å²) in [6, 6.07) is 0.295. The van der Waals surface area contributed by atoms with E-state index in [4.69, 9.17) is 0 Å². The summed E-state index contributed by atoms with van der Waals surface area (Å²) < 4.78 is 0. The van der Waals surface area contributed by atoms with Crippen molar-refractivity contribution in [1.82, 2.24) is 15.3 Å². The van der Waals surface area contributed by atoms with Crippen molar-refractivity contribution >= 4 is 39.2 Å². The van der Waals surface area contributed by atoms with Gasteiger partial charge in [-0.3, -0.25) is 9.59 Å².